The molecule has 1 saturated heterocycles. The summed E-state index contributed by atoms with van der Waals surface area (Å²) in [7, 11) is 1.64. The monoisotopic (exact) mass is 435 g/mol. The SMILES string of the molecule is CNC(=O)c1cccc([C@@H]2CN(C(C)=O)CCN2Cc2ccccc2OC2CCCC2)c1. The summed E-state index contributed by atoms with van der Waals surface area (Å²) in [5.41, 5.74) is 2.85. The average Bonchev–Trinajstić information content (AvgIpc) is 3.33. The molecule has 6 heteroatoms. The minimum Gasteiger partial charge on any atom is -0.490 e. The Morgan fingerprint density at radius 3 is 2.59 bits per heavy atom. The van der Waals surface area contributed by atoms with Gasteiger partial charge in [0.2, 0.25) is 5.91 Å². The van der Waals surface area contributed by atoms with Crippen molar-refractivity contribution in [2.24, 2.45) is 0 Å². The van der Waals surface area contributed by atoms with Crippen LogP contribution in [0.4, 0.5) is 0 Å². The highest BCUT2D eigenvalue weighted by molar-refractivity contribution is 5.94. The Kier molecular flexibility index (Phi) is 7.10. The van der Waals surface area contributed by atoms with Gasteiger partial charge >= 0.3 is 0 Å². The maximum atomic E-state index is 12.2. The molecule has 2 fully saturated rings. The molecule has 0 spiro atoms. The van der Waals surface area contributed by atoms with Crippen molar-refractivity contribution in [3.05, 3.63) is 65.2 Å². The van der Waals surface area contributed by atoms with Crippen LogP contribution in [0.1, 0.15) is 60.1 Å². The van der Waals surface area contributed by atoms with Gasteiger partial charge in [-0.05, 0) is 49.4 Å². The van der Waals surface area contributed by atoms with Gasteiger partial charge in [0.25, 0.3) is 5.91 Å². The Morgan fingerprint density at radius 1 is 1.06 bits per heavy atom. The predicted molar refractivity (Wildman–Crippen MR) is 125 cm³/mol. The lowest BCUT2D eigenvalue weighted by Crippen LogP contribution is -2.49. The van der Waals surface area contributed by atoms with Crippen molar-refractivity contribution >= 4 is 11.8 Å². The van der Waals surface area contributed by atoms with E-state index in [9.17, 15) is 9.59 Å². The van der Waals surface area contributed by atoms with E-state index < -0.39 is 0 Å². The zero-order valence-corrected chi connectivity index (χ0v) is 19.0. The van der Waals surface area contributed by atoms with Gasteiger partial charge in [-0.3, -0.25) is 14.5 Å². The molecule has 1 atom stereocenters. The van der Waals surface area contributed by atoms with E-state index in [-0.39, 0.29) is 17.9 Å². The van der Waals surface area contributed by atoms with Crippen LogP contribution in [0.15, 0.2) is 48.5 Å². The van der Waals surface area contributed by atoms with Crippen LogP contribution in [-0.2, 0) is 11.3 Å². The molecule has 170 valence electrons. The molecule has 2 amide bonds. The van der Waals surface area contributed by atoms with Gasteiger partial charge in [0.15, 0.2) is 0 Å². The van der Waals surface area contributed by atoms with Gasteiger partial charge in [-0.15, -0.1) is 0 Å². The lowest BCUT2D eigenvalue weighted by molar-refractivity contribution is -0.132. The number of rotatable bonds is 6. The fourth-order valence-electron chi connectivity index (χ4n) is 4.80. The smallest absolute Gasteiger partial charge is 0.251 e. The molecule has 0 bridgehead atoms. The largest absolute Gasteiger partial charge is 0.490 e. The Bertz CT molecular complexity index is 955. The summed E-state index contributed by atoms with van der Waals surface area (Å²) in [6, 6.07) is 16.0. The Labute approximate surface area is 190 Å². The quantitative estimate of drug-likeness (QED) is 0.750. The van der Waals surface area contributed by atoms with E-state index in [1.807, 2.05) is 29.2 Å². The number of hydrogen-bond acceptors (Lipinski definition) is 4. The highest BCUT2D eigenvalue weighted by Crippen LogP contribution is 2.32. The predicted octanol–water partition coefficient (Wildman–Crippen LogP) is 3.77. The highest BCUT2D eigenvalue weighted by atomic mass is 16.5. The van der Waals surface area contributed by atoms with Crippen molar-refractivity contribution in [3.8, 4) is 5.75 Å². The van der Waals surface area contributed by atoms with E-state index in [1.165, 1.54) is 18.4 Å². The van der Waals surface area contributed by atoms with Gasteiger partial charge in [0.1, 0.15) is 5.75 Å². The van der Waals surface area contributed by atoms with E-state index in [4.69, 9.17) is 4.74 Å². The molecule has 2 aromatic carbocycles. The second kappa shape index (κ2) is 10.2. The maximum absolute atomic E-state index is 12.2. The molecule has 1 saturated carbocycles. The first-order valence-electron chi connectivity index (χ1n) is 11.6. The summed E-state index contributed by atoms with van der Waals surface area (Å²) in [5.74, 6) is 0.946. The summed E-state index contributed by atoms with van der Waals surface area (Å²) < 4.78 is 6.37. The van der Waals surface area contributed by atoms with Crippen LogP contribution in [-0.4, -0.2) is 54.4 Å². The molecule has 2 aromatic rings. The average molecular weight is 436 g/mol. The number of piperazine rings is 1. The van der Waals surface area contributed by atoms with Gasteiger partial charge in [-0.25, -0.2) is 0 Å². The first kappa shape index (κ1) is 22.3. The number of hydrogen-bond donors (Lipinski definition) is 1. The standard InChI is InChI=1S/C26H33N3O3/c1-19(30)28-14-15-29(24(18-28)20-9-7-10-21(16-20)26(31)27-2)17-22-8-3-6-13-25(22)32-23-11-4-5-12-23/h3,6-10,13,16,23-24H,4-5,11-12,14-15,17-18H2,1-2H3,(H,27,31)/t24-/m0/s1. The summed E-state index contributed by atoms with van der Waals surface area (Å²) in [4.78, 5) is 28.6. The van der Waals surface area contributed by atoms with E-state index in [0.29, 0.717) is 24.8 Å². The third kappa shape index (κ3) is 5.13. The van der Waals surface area contributed by atoms with Crippen molar-refractivity contribution in [3.63, 3.8) is 0 Å². The summed E-state index contributed by atoms with van der Waals surface area (Å²) in [5, 5.41) is 2.70. The number of carbonyl (C=O) groups excluding carboxylic acids is 2. The number of nitrogens with one attached hydrogen (secondary N) is 1. The normalized spacial score (nSPS) is 19.7. The molecular weight excluding hydrogens is 402 g/mol. The molecule has 1 heterocycles. The van der Waals surface area contributed by atoms with Gasteiger partial charge in [0.05, 0.1) is 12.1 Å². The first-order chi connectivity index (χ1) is 15.5. The van der Waals surface area contributed by atoms with E-state index in [1.54, 1.807) is 14.0 Å². The summed E-state index contributed by atoms with van der Waals surface area (Å²) in [6.07, 6.45) is 5.04. The fourth-order valence-corrected chi connectivity index (χ4v) is 4.80. The third-order valence-corrected chi connectivity index (χ3v) is 6.64. The Balaban J connectivity index is 1.59. The van der Waals surface area contributed by atoms with Gasteiger partial charge in [0, 0.05) is 51.3 Å². The van der Waals surface area contributed by atoms with Crippen molar-refractivity contribution in [1.82, 2.24) is 15.1 Å². The minimum absolute atomic E-state index is 0.0109. The molecule has 1 N–H and O–H groups in total. The van der Waals surface area contributed by atoms with Crippen LogP contribution in [0.25, 0.3) is 0 Å². The maximum Gasteiger partial charge on any atom is 0.251 e. The van der Waals surface area contributed by atoms with Crippen molar-refractivity contribution < 1.29 is 14.3 Å². The molecule has 1 aliphatic carbocycles. The van der Waals surface area contributed by atoms with Crippen molar-refractivity contribution in [2.45, 2.75) is 51.3 Å². The molecule has 0 aromatic heterocycles. The Hall–Kier alpha value is -2.86. The number of amides is 2. The highest BCUT2D eigenvalue weighted by Gasteiger charge is 2.30. The molecule has 0 radical (unpaired) electrons. The van der Waals surface area contributed by atoms with Crippen molar-refractivity contribution in [1.29, 1.82) is 0 Å². The van der Waals surface area contributed by atoms with Crippen molar-refractivity contribution in [2.75, 3.05) is 26.7 Å². The van der Waals surface area contributed by atoms with E-state index in [0.717, 1.165) is 37.2 Å². The first-order valence-corrected chi connectivity index (χ1v) is 11.6. The van der Waals surface area contributed by atoms with Gasteiger partial charge in [-0.2, -0.15) is 0 Å². The van der Waals surface area contributed by atoms with Crippen LogP contribution < -0.4 is 10.1 Å². The zero-order chi connectivity index (χ0) is 22.5. The summed E-state index contributed by atoms with van der Waals surface area (Å²) in [6.45, 7) is 4.44. The number of carbonyl (C=O) groups is 2. The number of para-hydroxylation sites is 1. The number of benzene rings is 2. The molecule has 2 aliphatic rings. The van der Waals surface area contributed by atoms with Crippen LogP contribution in [0.5, 0.6) is 5.75 Å². The van der Waals surface area contributed by atoms with E-state index in [2.05, 4.69) is 34.5 Å². The lowest BCUT2D eigenvalue weighted by atomic mass is 9.98. The fraction of sp³-hybridized carbons (Fsp3) is 0.462. The molecular formula is C26H33N3O3. The second-order valence-electron chi connectivity index (χ2n) is 8.79. The molecule has 1 aliphatic heterocycles. The topological polar surface area (TPSA) is 61.9 Å². The van der Waals surface area contributed by atoms with Crippen LogP contribution in [0, 0.1) is 0 Å². The zero-order valence-electron chi connectivity index (χ0n) is 19.0. The van der Waals surface area contributed by atoms with E-state index >= 15 is 0 Å². The van der Waals surface area contributed by atoms with Gasteiger partial charge < -0.3 is 15.0 Å². The molecule has 32 heavy (non-hydrogen) atoms. The number of nitrogens with zero attached hydrogens (tertiary/aromatic N) is 2. The molecule has 6 nitrogen and oxygen atoms in total. The third-order valence-electron chi connectivity index (χ3n) is 6.64. The van der Waals surface area contributed by atoms with Gasteiger partial charge in [-0.1, -0.05) is 30.3 Å². The second-order valence-corrected chi connectivity index (χ2v) is 8.79. The van der Waals surface area contributed by atoms with Crippen LogP contribution >= 0.6 is 0 Å². The number of ether oxygens (including phenoxy) is 1. The van der Waals surface area contributed by atoms with Crippen LogP contribution in [0.2, 0.25) is 0 Å². The molecule has 4 rings (SSSR count). The Morgan fingerprint density at radius 2 is 1.84 bits per heavy atom. The summed E-state index contributed by atoms with van der Waals surface area (Å²) >= 11 is 0. The minimum atomic E-state index is -0.104. The lowest BCUT2D eigenvalue weighted by Gasteiger charge is -2.41. The molecule has 0 unspecified atom stereocenters. The van der Waals surface area contributed by atoms with Crippen LogP contribution in [0.3, 0.4) is 0 Å².